The maximum Gasteiger partial charge on any atom is 0.238 e. The average molecular weight is 372 g/mol. The van der Waals surface area contributed by atoms with Gasteiger partial charge in [0.25, 0.3) is 0 Å². The molecule has 0 atom stereocenters. The van der Waals surface area contributed by atoms with Crippen LogP contribution in [0.2, 0.25) is 0 Å². The molecule has 4 N–H and O–H groups in total. The second kappa shape index (κ2) is 5.66. The Kier molecular flexibility index (Phi) is 3.57. The van der Waals surface area contributed by atoms with Gasteiger partial charge in [0.1, 0.15) is 0 Å². The Hall–Kier alpha value is -2.75. The van der Waals surface area contributed by atoms with Crippen molar-refractivity contribution in [2.45, 2.75) is 4.90 Å². The lowest BCUT2D eigenvalue weighted by atomic mass is 10.1. The van der Waals surface area contributed by atoms with Gasteiger partial charge in [-0.3, -0.25) is 4.99 Å². The molecule has 0 amide bonds. The second-order valence-corrected chi connectivity index (χ2v) is 7.79. The van der Waals surface area contributed by atoms with E-state index >= 15 is 0 Å². The molecular formula is C16H12N4O3S2. The SMILES string of the molecule is NS(=O)(=O)c1ccc(N=Cc2c(O)[nH]c3ccc4ncsc4c23)cc1. The van der Waals surface area contributed by atoms with Crippen molar-refractivity contribution in [3.63, 3.8) is 0 Å². The summed E-state index contributed by atoms with van der Waals surface area (Å²) in [6.45, 7) is 0. The molecular weight excluding hydrogens is 360 g/mol. The van der Waals surface area contributed by atoms with Crippen LogP contribution in [-0.4, -0.2) is 29.7 Å². The van der Waals surface area contributed by atoms with Crippen molar-refractivity contribution in [3.8, 4) is 5.88 Å². The number of H-pyrrole nitrogens is 1. The fourth-order valence-corrected chi connectivity index (χ4v) is 3.97. The highest BCUT2D eigenvalue weighted by molar-refractivity contribution is 7.89. The summed E-state index contributed by atoms with van der Waals surface area (Å²) >= 11 is 1.49. The van der Waals surface area contributed by atoms with E-state index in [0.717, 1.165) is 21.1 Å². The van der Waals surface area contributed by atoms with Crippen LogP contribution in [0, 0.1) is 0 Å². The molecule has 7 nitrogen and oxygen atoms in total. The summed E-state index contributed by atoms with van der Waals surface area (Å²) in [4.78, 5) is 11.5. The number of aromatic amines is 1. The zero-order chi connectivity index (χ0) is 17.6. The third kappa shape index (κ3) is 2.78. The number of aromatic hydroxyl groups is 1. The molecule has 4 aromatic rings. The lowest BCUT2D eigenvalue weighted by molar-refractivity contribution is 0.457. The van der Waals surface area contributed by atoms with E-state index in [2.05, 4.69) is 15.0 Å². The normalized spacial score (nSPS) is 12.5. The first-order valence-corrected chi connectivity index (χ1v) is 9.60. The predicted molar refractivity (Wildman–Crippen MR) is 98.2 cm³/mol. The van der Waals surface area contributed by atoms with E-state index in [9.17, 15) is 13.5 Å². The monoisotopic (exact) mass is 372 g/mol. The molecule has 25 heavy (non-hydrogen) atoms. The summed E-state index contributed by atoms with van der Waals surface area (Å²) < 4.78 is 23.5. The number of thiazole rings is 1. The molecule has 4 rings (SSSR count). The number of benzene rings is 2. The predicted octanol–water partition coefficient (Wildman–Crippen LogP) is 2.88. The van der Waals surface area contributed by atoms with Gasteiger partial charge in [0.2, 0.25) is 10.0 Å². The Bertz CT molecular complexity index is 1220. The van der Waals surface area contributed by atoms with Gasteiger partial charge < -0.3 is 10.1 Å². The van der Waals surface area contributed by atoms with E-state index in [1.807, 2.05) is 12.1 Å². The van der Waals surface area contributed by atoms with Crippen LogP contribution in [0.4, 0.5) is 5.69 Å². The molecule has 126 valence electrons. The highest BCUT2D eigenvalue weighted by Gasteiger charge is 2.13. The zero-order valence-corrected chi connectivity index (χ0v) is 14.3. The molecule has 0 spiro atoms. The third-order valence-corrected chi connectivity index (χ3v) is 5.57. The van der Waals surface area contributed by atoms with Crippen LogP contribution in [0.1, 0.15) is 5.56 Å². The van der Waals surface area contributed by atoms with Crippen LogP contribution in [0.25, 0.3) is 21.1 Å². The van der Waals surface area contributed by atoms with E-state index in [4.69, 9.17) is 5.14 Å². The molecule has 0 aliphatic heterocycles. The van der Waals surface area contributed by atoms with Gasteiger partial charge in [0.05, 0.1) is 37.4 Å². The van der Waals surface area contributed by atoms with E-state index in [0.29, 0.717) is 11.3 Å². The first-order valence-electron chi connectivity index (χ1n) is 7.17. The van der Waals surface area contributed by atoms with Crippen LogP contribution in [-0.2, 0) is 10.0 Å². The standard InChI is InChI=1S/C16H12N4O3S2/c17-25(22,23)10-3-1-9(2-4-10)18-7-11-14-12(20-16(11)21)5-6-13-15(14)24-8-19-13/h1-8,20-21H,(H2,17,22,23). The lowest BCUT2D eigenvalue weighted by Crippen LogP contribution is -2.11. The largest absolute Gasteiger partial charge is 0.494 e. The van der Waals surface area contributed by atoms with Crippen LogP contribution < -0.4 is 5.14 Å². The molecule has 2 aromatic carbocycles. The summed E-state index contributed by atoms with van der Waals surface area (Å²) in [5, 5.41) is 16.1. The fourth-order valence-electron chi connectivity index (χ4n) is 2.60. The number of nitrogens with zero attached hydrogens (tertiary/aromatic N) is 2. The number of primary sulfonamides is 1. The molecule has 0 unspecified atom stereocenters. The van der Waals surface area contributed by atoms with Gasteiger partial charge in [-0.05, 0) is 36.4 Å². The minimum Gasteiger partial charge on any atom is -0.494 e. The van der Waals surface area contributed by atoms with Gasteiger partial charge in [-0.15, -0.1) is 11.3 Å². The maximum absolute atomic E-state index is 11.3. The van der Waals surface area contributed by atoms with E-state index in [1.165, 1.54) is 23.5 Å². The number of sulfonamides is 1. The Balaban J connectivity index is 1.79. The summed E-state index contributed by atoms with van der Waals surface area (Å²) in [5.74, 6) is 0.0146. The average Bonchev–Trinajstić information content (AvgIpc) is 3.15. The molecule has 2 aromatic heterocycles. The van der Waals surface area contributed by atoms with Crippen molar-refractivity contribution >= 4 is 54.4 Å². The van der Waals surface area contributed by atoms with Crippen molar-refractivity contribution in [2.24, 2.45) is 10.1 Å². The van der Waals surface area contributed by atoms with Crippen molar-refractivity contribution < 1.29 is 13.5 Å². The Morgan fingerprint density at radius 1 is 1.20 bits per heavy atom. The molecule has 0 saturated carbocycles. The number of hydrogen-bond acceptors (Lipinski definition) is 6. The van der Waals surface area contributed by atoms with Gasteiger partial charge in [0.15, 0.2) is 5.88 Å². The smallest absolute Gasteiger partial charge is 0.238 e. The molecule has 0 bridgehead atoms. The Morgan fingerprint density at radius 3 is 2.68 bits per heavy atom. The van der Waals surface area contributed by atoms with Crippen LogP contribution in [0.5, 0.6) is 5.88 Å². The highest BCUT2D eigenvalue weighted by Crippen LogP contribution is 2.34. The Morgan fingerprint density at radius 2 is 1.96 bits per heavy atom. The molecule has 0 saturated heterocycles. The van der Waals surface area contributed by atoms with Gasteiger partial charge >= 0.3 is 0 Å². The Labute approximate surface area is 146 Å². The molecule has 9 heteroatoms. The zero-order valence-electron chi connectivity index (χ0n) is 12.7. The summed E-state index contributed by atoms with van der Waals surface area (Å²) in [5.41, 5.74) is 4.49. The van der Waals surface area contributed by atoms with Gasteiger partial charge in [0, 0.05) is 11.6 Å². The molecule has 0 aliphatic carbocycles. The van der Waals surface area contributed by atoms with Gasteiger partial charge in [-0.1, -0.05) is 0 Å². The number of rotatable bonds is 3. The van der Waals surface area contributed by atoms with Crippen LogP contribution in [0.3, 0.4) is 0 Å². The van der Waals surface area contributed by atoms with E-state index < -0.39 is 10.0 Å². The second-order valence-electron chi connectivity index (χ2n) is 5.37. The van der Waals surface area contributed by atoms with Gasteiger partial charge in [-0.25, -0.2) is 18.5 Å². The number of nitrogens with one attached hydrogen (secondary N) is 1. The number of nitrogens with two attached hydrogens (primary N) is 1. The van der Waals surface area contributed by atoms with Crippen LogP contribution >= 0.6 is 11.3 Å². The first-order chi connectivity index (χ1) is 11.9. The van der Waals surface area contributed by atoms with Crippen LogP contribution in [0.15, 0.2) is 51.8 Å². The van der Waals surface area contributed by atoms with E-state index in [-0.39, 0.29) is 10.8 Å². The molecule has 0 aliphatic rings. The number of aliphatic imine (C=N–C) groups is 1. The van der Waals surface area contributed by atoms with Crippen molar-refractivity contribution in [3.05, 3.63) is 47.5 Å². The number of aromatic nitrogens is 2. The van der Waals surface area contributed by atoms with Crippen molar-refractivity contribution in [1.29, 1.82) is 0 Å². The topological polar surface area (TPSA) is 121 Å². The lowest BCUT2D eigenvalue weighted by Gasteiger charge is -1.98. The first kappa shape index (κ1) is 15.8. The van der Waals surface area contributed by atoms with Gasteiger partial charge in [-0.2, -0.15) is 0 Å². The fraction of sp³-hybridized carbons (Fsp3) is 0. The molecule has 0 fully saturated rings. The summed E-state index contributed by atoms with van der Waals surface area (Å²) in [7, 11) is -3.73. The number of fused-ring (bicyclic) bond motifs is 3. The quantitative estimate of drug-likeness (QED) is 0.479. The maximum atomic E-state index is 11.3. The molecule has 0 radical (unpaired) electrons. The summed E-state index contributed by atoms with van der Waals surface area (Å²) in [6.07, 6.45) is 1.54. The summed E-state index contributed by atoms with van der Waals surface area (Å²) in [6, 6.07) is 9.61. The minimum absolute atomic E-state index is 0.0146. The van der Waals surface area contributed by atoms with Crippen molar-refractivity contribution in [1.82, 2.24) is 9.97 Å². The molecule has 2 heterocycles. The number of hydrogen-bond donors (Lipinski definition) is 3. The minimum atomic E-state index is -3.73. The van der Waals surface area contributed by atoms with Crippen molar-refractivity contribution in [2.75, 3.05) is 0 Å². The highest BCUT2D eigenvalue weighted by atomic mass is 32.2. The van der Waals surface area contributed by atoms with E-state index in [1.54, 1.807) is 23.9 Å². The third-order valence-electron chi connectivity index (χ3n) is 3.78.